The van der Waals surface area contributed by atoms with E-state index in [-0.39, 0.29) is 6.61 Å². The molecule has 1 fully saturated rings. The van der Waals surface area contributed by atoms with Gasteiger partial charge in [-0.2, -0.15) is 0 Å². The highest BCUT2D eigenvalue weighted by atomic mass is 16.3. The minimum atomic E-state index is -0.791. The molecule has 0 aliphatic carbocycles. The summed E-state index contributed by atoms with van der Waals surface area (Å²) in [7, 11) is 0. The predicted molar refractivity (Wildman–Crippen MR) is 75.2 cm³/mol. The lowest BCUT2D eigenvalue weighted by Crippen LogP contribution is -2.46. The van der Waals surface area contributed by atoms with E-state index in [1.54, 1.807) is 17.0 Å². The first kappa shape index (κ1) is 14.4. The summed E-state index contributed by atoms with van der Waals surface area (Å²) < 4.78 is 0. The van der Waals surface area contributed by atoms with Crippen LogP contribution in [0.5, 0.6) is 0 Å². The number of nitrogens with zero attached hydrogens (tertiary/aromatic N) is 2. The molecule has 0 saturated carbocycles. The summed E-state index contributed by atoms with van der Waals surface area (Å²) >= 11 is 0. The fourth-order valence-corrected chi connectivity index (χ4v) is 2.31. The van der Waals surface area contributed by atoms with Crippen molar-refractivity contribution in [2.45, 2.75) is 18.6 Å². The van der Waals surface area contributed by atoms with Crippen molar-refractivity contribution in [3.8, 4) is 0 Å². The van der Waals surface area contributed by atoms with Crippen LogP contribution in [0.25, 0.3) is 0 Å². The average molecular weight is 281 g/mol. The van der Waals surface area contributed by atoms with Gasteiger partial charge in [-0.3, -0.25) is 4.79 Å². The zero-order valence-corrected chi connectivity index (χ0v) is 11.0. The molecule has 1 aromatic heterocycles. The zero-order chi connectivity index (χ0) is 14.7. The molecule has 1 saturated heterocycles. The van der Waals surface area contributed by atoms with E-state index >= 15 is 0 Å². The third-order valence-electron chi connectivity index (χ3n) is 3.27. The van der Waals surface area contributed by atoms with Crippen molar-refractivity contribution >= 4 is 23.2 Å². The highest BCUT2D eigenvalue weighted by Gasteiger charge is 2.37. The molecule has 8 nitrogen and oxygen atoms in total. The van der Waals surface area contributed by atoms with Gasteiger partial charge in [0, 0.05) is 13.1 Å². The number of amides is 1. The molecule has 20 heavy (non-hydrogen) atoms. The highest BCUT2D eigenvalue weighted by molar-refractivity contribution is 5.85. The molecule has 7 N–H and O–H groups in total. The van der Waals surface area contributed by atoms with Crippen LogP contribution in [0.2, 0.25) is 0 Å². The first-order valence-electron chi connectivity index (χ1n) is 6.40. The van der Waals surface area contributed by atoms with E-state index in [2.05, 4.69) is 10.3 Å². The molecular formula is C12H19N5O3. The first-order chi connectivity index (χ1) is 9.54. The number of rotatable bonds is 5. The summed E-state index contributed by atoms with van der Waals surface area (Å²) in [4.78, 5) is 17.4. The SMILES string of the molecule is NC(=O)C1C(O)CCN1c1ccc(N)c(NCCO)n1. The number of hydrogen-bond donors (Lipinski definition) is 5. The van der Waals surface area contributed by atoms with Crippen LogP contribution in [0.1, 0.15) is 6.42 Å². The van der Waals surface area contributed by atoms with E-state index in [1.807, 2.05) is 0 Å². The van der Waals surface area contributed by atoms with Crippen LogP contribution in [-0.2, 0) is 4.79 Å². The number of carbonyl (C=O) groups excluding carboxylic acids is 1. The van der Waals surface area contributed by atoms with Crippen LogP contribution >= 0.6 is 0 Å². The maximum Gasteiger partial charge on any atom is 0.242 e. The number of nitrogens with two attached hydrogens (primary N) is 2. The number of aliphatic hydroxyl groups is 2. The lowest BCUT2D eigenvalue weighted by atomic mass is 10.1. The van der Waals surface area contributed by atoms with Crippen LogP contribution in [0.15, 0.2) is 12.1 Å². The number of aromatic nitrogens is 1. The van der Waals surface area contributed by atoms with Gasteiger partial charge in [-0.1, -0.05) is 0 Å². The van der Waals surface area contributed by atoms with Gasteiger partial charge in [0.25, 0.3) is 0 Å². The van der Waals surface area contributed by atoms with E-state index in [1.165, 1.54) is 0 Å². The van der Waals surface area contributed by atoms with E-state index in [0.29, 0.717) is 36.8 Å². The van der Waals surface area contributed by atoms with Crippen molar-refractivity contribution in [1.29, 1.82) is 0 Å². The quantitative estimate of drug-likeness (QED) is 0.442. The van der Waals surface area contributed by atoms with Gasteiger partial charge in [-0.15, -0.1) is 0 Å². The highest BCUT2D eigenvalue weighted by Crippen LogP contribution is 2.27. The molecule has 1 aromatic rings. The molecule has 1 aliphatic heterocycles. The van der Waals surface area contributed by atoms with Crippen molar-refractivity contribution in [2.75, 3.05) is 35.6 Å². The van der Waals surface area contributed by atoms with Crippen molar-refractivity contribution in [3.63, 3.8) is 0 Å². The van der Waals surface area contributed by atoms with E-state index in [0.717, 1.165) is 0 Å². The molecule has 8 heteroatoms. The summed E-state index contributed by atoms with van der Waals surface area (Å²) in [6.45, 7) is 0.769. The summed E-state index contributed by atoms with van der Waals surface area (Å²) in [5.41, 5.74) is 11.5. The molecule has 0 radical (unpaired) electrons. The number of primary amides is 1. The van der Waals surface area contributed by atoms with Gasteiger partial charge < -0.3 is 31.9 Å². The zero-order valence-electron chi connectivity index (χ0n) is 11.0. The number of pyridine rings is 1. The monoisotopic (exact) mass is 281 g/mol. The Morgan fingerprint density at radius 3 is 2.95 bits per heavy atom. The summed E-state index contributed by atoms with van der Waals surface area (Å²) in [6, 6.07) is 2.55. The van der Waals surface area contributed by atoms with Crippen LogP contribution in [-0.4, -0.2) is 52.9 Å². The molecule has 0 bridgehead atoms. The molecular weight excluding hydrogens is 262 g/mol. The van der Waals surface area contributed by atoms with Gasteiger partial charge in [0.2, 0.25) is 5.91 Å². The van der Waals surface area contributed by atoms with Crippen LogP contribution in [0.3, 0.4) is 0 Å². The van der Waals surface area contributed by atoms with Crippen molar-refractivity contribution < 1.29 is 15.0 Å². The fourth-order valence-electron chi connectivity index (χ4n) is 2.31. The maximum atomic E-state index is 11.4. The second-order valence-electron chi connectivity index (χ2n) is 4.65. The Hall–Kier alpha value is -2.06. The normalized spacial score (nSPS) is 22.0. The molecule has 0 aromatic carbocycles. The second-order valence-corrected chi connectivity index (χ2v) is 4.65. The smallest absolute Gasteiger partial charge is 0.242 e. The minimum Gasteiger partial charge on any atom is -0.396 e. The minimum absolute atomic E-state index is 0.0440. The lowest BCUT2D eigenvalue weighted by Gasteiger charge is -2.25. The van der Waals surface area contributed by atoms with Gasteiger partial charge in [0.15, 0.2) is 5.82 Å². The van der Waals surface area contributed by atoms with Crippen molar-refractivity contribution in [1.82, 2.24) is 4.98 Å². The van der Waals surface area contributed by atoms with E-state index in [9.17, 15) is 9.90 Å². The van der Waals surface area contributed by atoms with Crippen LogP contribution in [0, 0.1) is 0 Å². The number of nitrogens with one attached hydrogen (secondary N) is 1. The molecule has 1 amide bonds. The number of nitrogen functional groups attached to an aromatic ring is 1. The lowest BCUT2D eigenvalue weighted by molar-refractivity contribution is -0.120. The Bertz CT molecular complexity index is 496. The Kier molecular flexibility index (Phi) is 4.26. The Morgan fingerprint density at radius 1 is 1.55 bits per heavy atom. The van der Waals surface area contributed by atoms with Crippen LogP contribution < -0.4 is 21.7 Å². The fraction of sp³-hybridized carbons (Fsp3) is 0.500. The van der Waals surface area contributed by atoms with Crippen LogP contribution in [0.4, 0.5) is 17.3 Å². The molecule has 110 valence electrons. The van der Waals surface area contributed by atoms with Gasteiger partial charge in [-0.25, -0.2) is 4.98 Å². The van der Waals surface area contributed by atoms with Gasteiger partial charge >= 0.3 is 0 Å². The standard InChI is InChI=1S/C12H19N5O3/c13-7-1-2-9(16-12(7)15-4-6-18)17-5-3-8(19)10(17)11(14)20/h1-2,8,10,18-19H,3-6,13H2,(H2,14,20)(H,15,16). The average Bonchev–Trinajstić information content (AvgIpc) is 2.80. The number of aliphatic hydroxyl groups excluding tert-OH is 2. The molecule has 2 unspecified atom stereocenters. The summed E-state index contributed by atoms with van der Waals surface area (Å²) in [6.07, 6.45) is -0.334. The molecule has 2 rings (SSSR count). The number of carbonyl (C=O) groups is 1. The topological polar surface area (TPSA) is 138 Å². The first-order valence-corrected chi connectivity index (χ1v) is 6.40. The van der Waals surface area contributed by atoms with Gasteiger partial charge in [0.05, 0.1) is 18.4 Å². The Labute approximate surface area is 116 Å². The largest absolute Gasteiger partial charge is 0.396 e. The third-order valence-corrected chi connectivity index (χ3v) is 3.27. The van der Waals surface area contributed by atoms with E-state index < -0.39 is 18.1 Å². The van der Waals surface area contributed by atoms with Gasteiger partial charge in [-0.05, 0) is 18.6 Å². The molecule has 1 aliphatic rings. The molecule has 0 spiro atoms. The molecule has 2 heterocycles. The second kappa shape index (κ2) is 5.93. The van der Waals surface area contributed by atoms with Crippen molar-refractivity contribution in [2.24, 2.45) is 5.73 Å². The summed E-state index contributed by atoms with van der Waals surface area (Å²) in [5.74, 6) is 0.361. The van der Waals surface area contributed by atoms with Gasteiger partial charge in [0.1, 0.15) is 11.9 Å². The predicted octanol–water partition coefficient (Wildman–Crippen LogP) is -1.51. The Morgan fingerprint density at radius 2 is 2.30 bits per heavy atom. The number of hydrogen-bond acceptors (Lipinski definition) is 7. The third kappa shape index (κ3) is 2.75. The van der Waals surface area contributed by atoms with Crippen molar-refractivity contribution in [3.05, 3.63) is 12.1 Å². The maximum absolute atomic E-state index is 11.4. The van der Waals surface area contributed by atoms with E-state index in [4.69, 9.17) is 16.6 Å². The number of anilines is 3. The Balaban J connectivity index is 2.26. The molecule has 2 atom stereocenters. The summed E-state index contributed by atoms with van der Waals surface area (Å²) in [5, 5.41) is 21.5.